The first-order chi connectivity index (χ1) is 19.6. The van der Waals surface area contributed by atoms with Gasteiger partial charge in [0.1, 0.15) is 25.0 Å². The molecule has 0 radical (unpaired) electrons. The van der Waals surface area contributed by atoms with Crippen LogP contribution in [-0.2, 0) is 24.7 Å². The normalized spacial score (nSPS) is 13.5. The first-order valence-corrected chi connectivity index (χ1v) is 17.8. The van der Waals surface area contributed by atoms with Crippen molar-refractivity contribution in [3.8, 4) is 16.9 Å². The molecule has 0 aliphatic heterocycles. The third kappa shape index (κ3) is 7.02. The number of aromatic nitrogens is 2. The lowest BCUT2D eigenvalue weighted by Gasteiger charge is -2.20. The van der Waals surface area contributed by atoms with Gasteiger partial charge in [0.15, 0.2) is 0 Å². The van der Waals surface area contributed by atoms with Crippen LogP contribution >= 0.6 is 0 Å². The fourth-order valence-electron chi connectivity index (χ4n) is 4.76. The van der Waals surface area contributed by atoms with Crippen LogP contribution in [0.1, 0.15) is 34.3 Å². The van der Waals surface area contributed by atoms with E-state index in [4.69, 9.17) is 9.47 Å². The number of carbonyl (C=O) groups excluding carboxylic acids is 1. The van der Waals surface area contributed by atoms with Gasteiger partial charge in [-0.2, -0.15) is 5.10 Å². The van der Waals surface area contributed by atoms with Gasteiger partial charge in [0.25, 0.3) is 5.91 Å². The number of ether oxygens (including phenoxy) is 2. The van der Waals surface area contributed by atoms with Crippen LogP contribution in [0.4, 0.5) is 8.78 Å². The van der Waals surface area contributed by atoms with E-state index in [1.54, 1.807) is 47.1 Å². The van der Waals surface area contributed by atoms with Crippen molar-refractivity contribution >= 4 is 24.9 Å². The van der Waals surface area contributed by atoms with E-state index in [1.807, 2.05) is 18.2 Å². The van der Waals surface area contributed by atoms with Gasteiger partial charge in [0, 0.05) is 44.8 Å². The summed E-state index contributed by atoms with van der Waals surface area (Å²) >= 11 is 0. The molecule has 1 aliphatic carbocycles. The summed E-state index contributed by atoms with van der Waals surface area (Å²) in [4.78, 5) is 15.2. The van der Waals surface area contributed by atoms with Crippen molar-refractivity contribution in [2.24, 2.45) is 0 Å². The smallest absolute Gasteiger partial charge is 0.254 e. The van der Waals surface area contributed by atoms with Gasteiger partial charge in [-0.3, -0.25) is 4.79 Å². The predicted octanol–water partition coefficient (Wildman–Crippen LogP) is 7.44. The highest BCUT2D eigenvalue weighted by Gasteiger charge is 2.26. The Hall–Kier alpha value is -3.56. The van der Waals surface area contributed by atoms with Gasteiger partial charge in [-0.1, -0.05) is 43.9 Å². The van der Waals surface area contributed by atoms with Crippen LogP contribution < -0.4 is 4.74 Å². The maximum atomic E-state index is 13.9. The third-order valence-electron chi connectivity index (χ3n) is 7.27. The molecular formula is C32H37F2N3O3Si. The molecule has 0 N–H and O–H groups in total. The largest absolute Gasteiger partial charge is 0.490 e. The van der Waals surface area contributed by atoms with Crippen molar-refractivity contribution in [1.29, 1.82) is 0 Å². The summed E-state index contributed by atoms with van der Waals surface area (Å²) in [5, 5.41) is 5.21. The average Bonchev–Trinajstić information content (AvgIpc) is 3.65. The molecule has 9 heteroatoms. The Morgan fingerprint density at radius 1 is 1.10 bits per heavy atom. The number of hydrogen-bond donors (Lipinski definition) is 0. The van der Waals surface area contributed by atoms with Crippen molar-refractivity contribution in [3.63, 3.8) is 0 Å². The van der Waals surface area contributed by atoms with Gasteiger partial charge in [-0.05, 0) is 65.9 Å². The van der Waals surface area contributed by atoms with E-state index < -0.39 is 14.7 Å². The second-order valence-corrected chi connectivity index (χ2v) is 17.6. The molecule has 0 unspecified atom stereocenters. The number of benzene rings is 3. The summed E-state index contributed by atoms with van der Waals surface area (Å²) in [6.07, 6.45) is 3.70. The second-order valence-electron chi connectivity index (χ2n) is 12.0. The molecule has 6 nitrogen and oxygen atoms in total. The van der Waals surface area contributed by atoms with E-state index in [-0.39, 0.29) is 24.6 Å². The number of nitrogens with zero attached hydrogens (tertiary/aromatic N) is 3. The molecule has 0 bridgehead atoms. The number of alkyl halides is 1. The second kappa shape index (κ2) is 12.1. The highest BCUT2D eigenvalue weighted by atomic mass is 28.3. The van der Waals surface area contributed by atoms with E-state index in [0.29, 0.717) is 35.6 Å². The number of hydrogen-bond acceptors (Lipinski definition) is 4. The monoisotopic (exact) mass is 577 g/mol. The number of amides is 1. The summed E-state index contributed by atoms with van der Waals surface area (Å²) in [7, 11) is 0.506. The van der Waals surface area contributed by atoms with Crippen molar-refractivity contribution in [1.82, 2.24) is 14.7 Å². The van der Waals surface area contributed by atoms with Crippen LogP contribution in [0.2, 0.25) is 25.7 Å². The Bertz CT molecular complexity index is 1550. The summed E-state index contributed by atoms with van der Waals surface area (Å²) in [5.41, 5.74) is 4.10. The van der Waals surface area contributed by atoms with Crippen molar-refractivity contribution in [3.05, 3.63) is 83.3 Å². The van der Waals surface area contributed by atoms with Gasteiger partial charge in [0.2, 0.25) is 0 Å². The Labute approximate surface area is 240 Å². The van der Waals surface area contributed by atoms with E-state index >= 15 is 0 Å². The van der Waals surface area contributed by atoms with E-state index in [9.17, 15) is 13.6 Å². The molecule has 1 fully saturated rings. The average molecular weight is 578 g/mol. The number of carbonyl (C=O) groups is 1. The standard InChI is InChI=1S/C32H37F2N3O3Si/c1-36(20-25-9-8-24(18-33)29-19-35-37(31(25)29)21-39-14-15-41(2,3)4)32(38)23-10-13-28(22-6-5-7-26(34)16-22)30(17-23)40-27-11-12-27/h5-10,13,16-17,19,27H,11-12,14-15,18,20-21H2,1-4H3. The molecule has 0 atom stereocenters. The summed E-state index contributed by atoms with van der Waals surface area (Å²) in [6, 6.07) is 16.3. The minimum atomic E-state index is -1.23. The first-order valence-electron chi connectivity index (χ1n) is 14.0. The van der Waals surface area contributed by atoms with Crippen LogP contribution in [0, 0.1) is 5.82 Å². The highest BCUT2D eigenvalue weighted by molar-refractivity contribution is 6.76. The molecule has 1 aromatic heterocycles. The van der Waals surface area contributed by atoms with Gasteiger partial charge in [-0.15, -0.1) is 0 Å². The van der Waals surface area contributed by atoms with Gasteiger partial charge in [-0.25, -0.2) is 13.5 Å². The van der Waals surface area contributed by atoms with E-state index in [1.165, 1.54) is 12.1 Å². The van der Waals surface area contributed by atoms with Crippen LogP contribution in [0.5, 0.6) is 5.75 Å². The van der Waals surface area contributed by atoms with Crippen molar-refractivity contribution < 1.29 is 23.0 Å². The zero-order chi connectivity index (χ0) is 29.1. The summed E-state index contributed by atoms with van der Waals surface area (Å²) < 4.78 is 41.6. The maximum Gasteiger partial charge on any atom is 0.254 e. The lowest BCUT2D eigenvalue weighted by Crippen LogP contribution is -2.26. The van der Waals surface area contributed by atoms with Gasteiger partial charge >= 0.3 is 0 Å². The third-order valence-corrected chi connectivity index (χ3v) is 8.97. The Kier molecular flexibility index (Phi) is 8.56. The molecule has 1 aliphatic rings. The molecule has 0 spiro atoms. The molecule has 4 aromatic rings. The van der Waals surface area contributed by atoms with Crippen LogP contribution in [0.15, 0.2) is 60.8 Å². The molecule has 3 aromatic carbocycles. The molecule has 0 saturated heterocycles. The van der Waals surface area contributed by atoms with E-state index in [0.717, 1.165) is 40.9 Å². The molecule has 1 saturated carbocycles. The molecule has 216 valence electrons. The van der Waals surface area contributed by atoms with Crippen molar-refractivity contribution in [2.45, 2.75) is 64.6 Å². The minimum absolute atomic E-state index is 0.112. The van der Waals surface area contributed by atoms with E-state index in [2.05, 4.69) is 24.7 Å². The van der Waals surface area contributed by atoms with Gasteiger partial charge < -0.3 is 14.4 Å². The minimum Gasteiger partial charge on any atom is -0.490 e. The lowest BCUT2D eigenvalue weighted by atomic mass is 10.0. The van der Waals surface area contributed by atoms with Crippen LogP contribution in [-0.4, -0.2) is 48.4 Å². The quantitative estimate of drug-likeness (QED) is 0.130. The van der Waals surface area contributed by atoms with Gasteiger partial charge in [0.05, 0.1) is 17.8 Å². The number of rotatable bonds is 12. The molecular weight excluding hydrogens is 540 g/mol. The molecule has 1 amide bonds. The highest BCUT2D eigenvalue weighted by Crippen LogP contribution is 2.36. The topological polar surface area (TPSA) is 56.6 Å². The summed E-state index contributed by atoms with van der Waals surface area (Å²) in [5.74, 6) is 0.0581. The first kappa shape index (κ1) is 28.9. The molecule has 41 heavy (non-hydrogen) atoms. The lowest BCUT2D eigenvalue weighted by molar-refractivity contribution is 0.0781. The summed E-state index contributed by atoms with van der Waals surface area (Å²) in [6.45, 7) is 7.50. The Balaban J connectivity index is 1.38. The number of halogens is 2. The van der Waals surface area contributed by atoms with Crippen LogP contribution in [0.3, 0.4) is 0 Å². The Morgan fingerprint density at radius 2 is 1.88 bits per heavy atom. The zero-order valence-electron chi connectivity index (χ0n) is 24.1. The fourth-order valence-corrected chi connectivity index (χ4v) is 5.52. The molecule has 5 rings (SSSR count). The van der Waals surface area contributed by atoms with Crippen molar-refractivity contribution in [2.75, 3.05) is 13.7 Å². The number of fused-ring (bicyclic) bond motifs is 1. The zero-order valence-corrected chi connectivity index (χ0v) is 25.1. The van der Waals surface area contributed by atoms with Crippen LogP contribution in [0.25, 0.3) is 22.0 Å². The Morgan fingerprint density at radius 3 is 2.59 bits per heavy atom. The fraction of sp³-hybridized carbons (Fsp3) is 0.375. The predicted molar refractivity (Wildman–Crippen MR) is 160 cm³/mol. The maximum absolute atomic E-state index is 13.9. The SMILES string of the molecule is CN(Cc1ccc(CF)c2cnn(COCC[Si](C)(C)C)c12)C(=O)c1ccc(-c2cccc(F)c2)c(OC2CC2)c1. The molecule has 1 heterocycles.